The Kier molecular flexibility index (Phi) is 3.66. The first-order chi connectivity index (χ1) is 9.75. The van der Waals surface area contributed by atoms with Crippen molar-refractivity contribution in [1.82, 2.24) is 4.57 Å². The highest BCUT2D eigenvalue weighted by atomic mass is 35.5. The van der Waals surface area contributed by atoms with Crippen molar-refractivity contribution in [2.75, 3.05) is 11.9 Å². The van der Waals surface area contributed by atoms with Gasteiger partial charge in [0.05, 0.1) is 10.7 Å². The molecule has 2 nitrogen and oxygen atoms in total. The van der Waals surface area contributed by atoms with E-state index in [1.165, 1.54) is 16.5 Å². The van der Waals surface area contributed by atoms with E-state index >= 15 is 0 Å². The zero-order valence-electron chi connectivity index (χ0n) is 11.4. The Balaban J connectivity index is 1.72. The molecule has 0 radical (unpaired) electrons. The van der Waals surface area contributed by atoms with E-state index in [4.69, 9.17) is 11.6 Å². The maximum absolute atomic E-state index is 6.13. The Bertz CT molecular complexity index is 731. The summed E-state index contributed by atoms with van der Waals surface area (Å²) in [4.78, 5) is 0. The standard InChI is InChI=1S/C17H17ClN2/c1-13-5-4-8-17-14(13)9-11-20(17)12-10-19-16-7-3-2-6-15(16)18/h2-9,11,19H,10,12H2,1H3. The number of anilines is 1. The van der Waals surface area contributed by atoms with Crippen LogP contribution in [-0.4, -0.2) is 11.1 Å². The van der Waals surface area contributed by atoms with Gasteiger partial charge in [-0.15, -0.1) is 0 Å². The van der Waals surface area contributed by atoms with Gasteiger partial charge in [0.25, 0.3) is 0 Å². The summed E-state index contributed by atoms with van der Waals surface area (Å²) in [6, 6.07) is 16.4. The Morgan fingerprint density at radius 3 is 2.75 bits per heavy atom. The van der Waals surface area contributed by atoms with E-state index in [0.717, 1.165) is 23.8 Å². The summed E-state index contributed by atoms with van der Waals surface area (Å²) in [5, 5.41) is 5.47. The number of para-hydroxylation sites is 1. The number of halogens is 1. The predicted molar refractivity (Wildman–Crippen MR) is 86.6 cm³/mol. The maximum Gasteiger partial charge on any atom is 0.0637 e. The fourth-order valence-corrected chi connectivity index (χ4v) is 2.69. The first-order valence-corrected chi connectivity index (χ1v) is 7.16. The number of rotatable bonds is 4. The first-order valence-electron chi connectivity index (χ1n) is 6.78. The van der Waals surface area contributed by atoms with Crippen LogP contribution in [0.25, 0.3) is 10.9 Å². The lowest BCUT2D eigenvalue weighted by atomic mass is 10.1. The lowest BCUT2D eigenvalue weighted by Gasteiger charge is -2.10. The fourth-order valence-electron chi connectivity index (χ4n) is 2.49. The normalized spacial score (nSPS) is 10.9. The molecule has 20 heavy (non-hydrogen) atoms. The largest absolute Gasteiger partial charge is 0.382 e. The molecule has 0 saturated heterocycles. The second kappa shape index (κ2) is 5.59. The molecular formula is C17H17ClN2. The van der Waals surface area contributed by atoms with Gasteiger partial charge < -0.3 is 9.88 Å². The van der Waals surface area contributed by atoms with Gasteiger partial charge in [0, 0.05) is 30.2 Å². The van der Waals surface area contributed by atoms with Crippen LogP contribution in [-0.2, 0) is 6.54 Å². The second-order valence-electron chi connectivity index (χ2n) is 4.92. The first kappa shape index (κ1) is 13.1. The minimum Gasteiger partial charge on any atom is -0.382 e. The number of nitrogens with one attached hydrogen (secondary N) is 1. The summed E-state index contributed by atoms with van der Waals surface area (Å²) in [7, 11) is 0. The van der Waals surface area contributed by atoms with E-state index in [0.29, 0.717) is 0 Å². The minimum atomic E-state index is 0.765. The monoisotopic (exact) mass is 284 g/mol. The SMILES string of the molecule is Cc1cccc2c1ccn2CCNc1ccccc1Cl. The van der Waals surface area contributed by atoms with Gasteiger partial charge in [0.2, 0.25) is 0 Å². The number of benzene rings is 2. The van der Waals surface area contributed by atoms with Gasteiger partial charge in [-0.25, -0.2) is 0 Å². The zero-order chi connectivity index (χ0) is 13.9. The van der Waals surface area contributed by atoms with Crippen molar-refractivity contribution in [3.63, 3.8) is 0 Å². The molecule has 1 heterocycles. The summed E-state index contributed by atoms with van der Waals surface area (Å²) in [5.41, 5.74) is 3.59. The van der Waals surface area contributed by atoms with Crippen molar-refractivity contribution >= 4 is 28.2 Å². The van der Waals surface area contributed by atoms with Gasteiger partial charge in [-0.2, -0.15) is 0 Å². The third-order valence-corrected chi connectivity index (χ3v) is 3.90. The molecule has 0 saturated carbocycles. The highest BCUT2D eigenvalue weighted by Gasteiger charge is 2.03. The lowest BCUT2D eigenvalue weighted by Crippen LogP contribution is -2.09. The van der Waals surface area contributed by atoms with Crippen molar-refractivity contribution in [3.05, 3.63) is 65.3 Å². The molecule has 1 aromatic heterocycles. The average molecular weight is 285 g/mol. The van der Waals surface area contributed by atoms with Gasteiger partial charge in [0.1, 0.15) is 0 Å². The molecule has 3 aromatic rings. The van der Waals surface area contributed by atoms with Crippen LogP contribution in [0.1, 0.15) is 5.56 Å². The van der Waals surface area contributed by atoms with E-state index in [9.17, 15) is 0 Å². The number of aromatic nitrogens is 1. The van der Waals surface area contributed by atoms with Crippen LogP contribution in [0, 0.1) is 6.92 Å². The van der Waals surface area contributed by atoms with E-state index < -0.39 is 0 Å². The van der Waals surface area contributed by atoms with Gasteiger partial charge >= 0.3 is 0 Å². The van der Waals surface area contributed by atoms with Crippen LogP contribution in [0.2, 0.25) is 5.02 Å². The Labute approximate surface area is 124 Å². The topological polar surface area (TPSA) is 17.0 Å². The molecule has 1 N–H and O–H groups in total. The summed E-state index contributed by atoms with van der Waals surface area (Å²) in [6.07, 6.45) is 2.14. The van der Waals surface area contributed by atoms with Crippen molar-refractivity contribution < 1.29 is 0 Å². The predicted octanol–water partition coefficient (Wildman–Crippen LogP) is 4.72. The van der Waals surface area contributed by atoms with Crippen LogP contribution in [0.4, 0.5) is 5.69 Å². The Morgan fingerprint density at radius 1 is 1.05 bits per heavy atom. The van der Waals surface area contributed by atoms with Crippen LogP contribution in [0.15, 0.2) is 54.7 Å². The molecule has 3 heteroatoms. The van der Waals surface area contributed by atoms with E-state index in [-0.39, 0.29) is 0 Å². The van der Waals surface area contributed by atoms with Crippen molar-refractivity contribution in [2.24, 2.45) is 0 Å². The Morgan fingerprint density at radius 2 is 1.90 bits per heavy atom. The summed E-state index contributed by atoms with van der Waals surface area (Å²) >= 11 is 6.13. The molecule has 0 aliphatic rings. The van der Waals surface area contributed by atoms with Crippen LogP contribution < -0.4 is 5.32 Å². The van der Waals surface area contributed by atoms with Crippen molar-refractivity contribution in [1.29, 1.82) is 0 Å². The molecule has 3 rings (SSSR count). The minimum absolute atomic E-state index is 0.765. The summed E-state index contributed by atoms with van der Waals surface area (Å²) < 4.78 is 2.27. The summed E-state index contributed by atoms with van der Waals surface area (Å²) in [6.45, 7) is 3.91. The molecule has 0 aliphatic heterocycles. The molecule has 0 atom stereocenters. The van der Waals surface area contributed by atoms with Crippen LogP contribution in [0.3, 0.4) is 0 Å². The second-order valence-corrected chi connectivity index (χ2v) is 5.33. The molecule has 2 aromatic carbocycles. The number of fused-ring (bicyclic) bond motifs is 1. The maximum atomic E-state index is 6.13. The number of hydrogen-bond acceptors (Lipinski definition) is 1. The molecular weight excluding hydrogens is 268 g/mol. The molecule has 0 amide bonds. The van der Waals surface area contributed by atoms with Gasteiger partial charge in [-0.05, 0) is 36.8 Å². The molecule has 102 valence electrons. The van der Waals surface area contributed by atoms with Gasteiger partial charge in [0.15, 0.2) is 0 Å². The summed E-state index contributed by atoms with van der Waals surface area (Å²) in [5.74, 6) is 0. The number of hydrogen-bond donors (Lipinski definition) is 1. The van der Waals surface area contributed by atoms with Gasteiger partial charge in [-0.1, -0.05) is 35.9 Å². The molecule has 0 bridgehead atoms. The van der Waals surface area contributed by atoms with Crippen molar-refractivity contribution in [3.8, 4) is 0 Å². The number of nitrogens with zero attached hydrogens (tertiary/aromatic N) is 1. The number of aryl methyl sites for hydroxylation is 1. The fraction of sp³-hybridized carbons (Fsp3) is 0.176. The van der Waals surface area contributed by atoms with Gasteiger partial charge in [-0.3, -0.25) is 0 Å². The van der Waals surface area contributed by atoms with E-state index in [1.807, 2.05) is 24.3 Å². The molecule has 0 unspecified atom stereocenters. The lowest BCUT2D eigenvalue weighted by molar-refractivity contribution is 0.757. The molecule has 0 fully saturated rings. The van der Waals surface area contributed by atoms with E-state index in [1.54, 1.807) is 0 Å². The van der Waals surface area contributed by atoms with E-state index in [2.05, 4.69) is 47.3 Å². The average Bonchev–Trinajstić information content (AvgIpc) is 2.86. The molecule has 0 aliphatic carbocycles. The van der Waals surface area contributed by atoms with Crippen molar-refractivity contribution in [2.45, 2.75) is 13.5 Å². The smallest absolute Gasteiger partial charge is 0.0637 e. The third-order valence-electron chi connectivity index (χ3n) is 3.57. The highest BCUT2D eigenvalue weighted by Crippen LogP contribution is 2.21. The third kappa shape index (κ3) is 2.52. The zero-order valence-corrected chi connectivity index (χ0v) is 12.2. The van der Waals surface area contributed by atoms with Crippen LogP contribution >= 0.6 is 11.6 Å². The quantitative estimate of drug-likeness (QED) is 0.734. The van der Waals surface area contributed by atoms with Crippen LogP contribution in [0.5, 0.6) is 0 Å². The Hall–Kier alpha value is -1.93. The highest BCUT2D eigenvalue weighted by molar-refractivity contribution is 6.33. The molecule has 0 spiro atoms.